The number of piperazine rings is 1. The lowest BCUT2D eigenvalue weighted by Gasteiger charge is -2.36. The first-order valence-electron chi connectivity index (χ1n) is 6.21. The van der Waals surface area contributed by atoms with E-state index in [4.69, 9.17) is 5.11 Å². The zero-order valence-corrected chi connectivity index (χ0v) is 12.0. The minimum atomic E-state index is -3.53. The Morgan fingerprint density at radius 1 is 1.42 bits per heavy atom. The molecule has 0 aliphatic carbocycles. The number of aliphatic hydroxyl groups excluding tert-OH is 1. The molecule has 1 N–H and O–H groups in total. The molecule has 0 radical (unpaired) electrons. The van der Waals surface area contributed by atoms with Crippen LogP contribution in [-0.4, -0.2) is 60.4 Å². The second-order valence-corrected chi connectivity index (χ2v) is 6.74. The normalized spacial score (nSPS) is 22.6. The summed E-state index contributed by atoms with van der Waals surface area (Å²) in [5.41, 5.74) is 0.602. The van der Waals surface area contributed by atoms with Crippen LogP contribution in [0.5, 0.6) is 0 Å². The minimum absolute atomic E-state index is 0.0430. The van der Waals surface area contributed by atoms with Gasteiger partial charge in [-0.3, -0.25) is 0 Å². The van der Waals surface area contributed by atoms with Crippen molar-refractivity contribution in [2.24, 2.45) is 0 Å². The fourth-order valence-electron chi connectivity index (χ4n) is 2.02. The summed E-state index contributed by atoms with van der Waals surface area (Å²) in [6, 6.07) is 3.23. The van der Waals surface area contributed by atoms with Crippen LogP contribution in [-0.2, 0) is 16.6 Å². The molecule has 0 bridgehead atoms. The Kier molecular flexibility index (Phi) is 4.19. The van der Waals surface area contributed by atoms with Crippen LogP contribution in [0.3, 0.4) is 0 Å². The molecule has 2 rings (SSSR count). The van der Waals surface area contributed by atoms with Crippen molar-refractivity contribution in [3.05, 3.63) is 23.9 Å². The first kappa shape index (κ1) is 14.4. The van der Waals surface area contributed by atoms with Gasteiger partial charge in [-0.25, -0.2) is 13.4 Å². The zero-order chi connectivity index (χ0) is 14.0. The molecule has 0 aromatic carbocycles. The van der Waals surface area contributed by atoms with Crippen LogP contribution in [0.2, 0.25) is 0 Å². The molecule has 1 saturated heterocycles. The quantitative estimate of drug-likeness (QED) is 0.839. The van der Waals surface area contributed by atoms with Gasteiger partial charge in [-0.2, -0.15) is 4.31 Å². The van der Waals surface area contributed by atoms with E-state index in [-0.39, 0.29) is 17.7 Å². The first-order chi connectivity index (χ1) is 8.95. The van der Waals surface area contributed by atoms with E-state index in [0.29, 0.717) is 18.7 Å². The monoisotopic (exact) mass is 285 g/mol. The average Bonchev–Trinajstić information content (AvgIpc) is 2.41. The van der Waals surface area contributed by atoms with Crippen molar-refractivity contribution in [1.82, 2.24) is 14.2 Å². The number of hydrogen-bond acceptors (Lipinski definition) is 5. The number of pyridine rings is 1. The highest BCUT2D eigenvalue weighted by Crippen LogP contribution is 2.17. The van der Waals surface area contributed by atoms with Crippen molar-refractivity contribution in [3.63, 3.8) is 0 Å². The summed E-state index contributed by atoms with van der Waals surface area (Å²) < 4.78 is 26.3. The SMILES string of the molecule is CC1CN(S(=O)(=O)c2ccc(CO)cn2)CCN1C. The summed E-state index contributed by atoms with van der Waals surface area (Å²) in [7, 11) is -1.54. The molecule has 1 aliphatic heterocycles. The zero-order valence-electron chi connectivity index (χ0n) is 11.2. The second kappa shape index (κ2) is 5.54. The van der Waals surface area contributed by atoms with Gasteiger partial charge in [-0.05, 0) is 25.6 Å². The third-order valence-corrected chi connectivity index (χ3v) is 5.29. The van der Waals surface area contributed by atoms with Gasteiger partial charge in [0.05, 0.1) is 6.61 Å². The molecule has 0 amide bonds. The molecular formula is C12H19N3O3S. The third kappa shape index (κ3) is 2.94. The van der Waals surface area contributed by atoms with Crippen molar-refractivity contribution in [2.45, 2.75) is 24.6 Å². The number of hydrogen-bond donors (Lipinski definition) is 1. The summed E-state index contributed by atoms with van der Waals surface area (Å²) in [5, 5.41) is 8.98. The predicted molar refractivity (Wildman–Crippen MR) is 71.0 cm³/mol. The van der Waals surface area contributed by atoms with Gasteiger partial charge in [-0.1, -0.05) is 6.07 Å². The number of aromatic nitrogens is 1. The molecular weight excluding hydrogens is 266 g/mol. The van der Waals surface area contributed by atoms with Crippen molar-refractivity contribution >= 4 is 10.0 Å². The first-order valence-corrected chi connectivity index (χ1v) is 7.65. The number of nitrogens with zero attached hydrogens (tertiary/aromatic N) is 3. The van der Waals surface area contributed by atoms with E-state index in [9.17, 15) is 8.42 Å². The van der Waals surface area contributed by atoms with Gasteiger partial charge < -0.3 is 10.0 Å². The maximum Gasteiger partial charge on any atom is 0.260 e. The number of sulfonamides is 1. The summed E-state index contributed by atoms with van der Waals surface area (Å²) in [4.78, 5) is 6.07. The Morgan fingerprint density at radius 3 is 2.68 bits per heavy atom. The van der Waals surface area contributed by atoms with Crippen molar-refractivity contribution in [2.75, 3.05) is 26.7 Å². The second-order valence-electron chi connectivity index (χ2n) is 4.86. The molecule has 2 heterocycles. The molecule has 0 saturated carbocycles. The van der Waals surface area contributed by atoms with Crippen LogP contribution in [0, 0.1) is 0 Å². The van der Waals surface area contributed by atoms with E-state index in [2.05, 4.69) is 9.88 Å². The summed E-state index contributed by atoms with van der Waals surface area (Å²) in [6.45, 7) is 3.53. The van der Waals surface area contributed by atoms with Gasteiger partial charge in [0.1, 0.15) is 0 Å². The molecule has 106 valence electrons. The highest BCUT2D eigenvalue weighted by atomic mass is 32.2. The molecule has 1 aromatic heterocycles. The Labute approximate surface area is 113 Å². The highest BCUT2D eigenvalue weighted by Gasteiger charge is 2.31. The van der Waals surface area contributed by atoms with E-state index in [1.165, 1.54) is 16.6 Å². The van der Waals surface area contributed by atoms with Gasteiger partial charge in [0.2, 0.25) is 0 Å². The smallest absolute Gasteiger partial charge is 0.260 e. The maximum absolute atomic E-state index is 12.4. The van der Waals surface area contributed by atoms with Gasteiger partial charge in [0, 0.05) is 31.9 Å². The highest BCUT2D eigenvalue weighted by molar-refractivity contribution is 7.89. The van der Waals surface area contributed by atoms with Crippen molar-refractivity contribution in [1.29, 1.82) is 0 Å². The molecule has 0 spiro atoms. The summed E-state index contributed by atoms with van der Waals surface area (Å²) >= 11 is 0. The third-order valence-electron chi connectivity index (χ3n) is 3.51. The molecule has 1 aliphatic rings. The van der Waals surface area contributed by atoms with E-state index >= 15 is 0 Å². The van der Waals surface area contributed by atoms with Crippen molar-refractivity contribution < 1.29 is 13.5 Å². The van der Waals surface area contributed by atoms with E-state index in [0.717, 1.165) is 6.54 Å². The number of rotatable bonds is 3. The van der Waals surface area contributed by atoms with Crippen LogP contribution >= 0.6 is 0 Å². The molecule has 1 fully saturated rings. The lowest BCUT2D eigenvalue weighted by molar-refractivity contribution is 0.159. The molecule has 6 nitrogen and oxygen atoms in total. The van der Waals surface area contributed by atoms with Gasteiger partial charge in [0.15, 0.2) is 5.03 Å². The molecule has 1 unspecified atom stereocenters. The standard InChI is InChI=1S/C12H19N3O3S/c1-10-8-15(6-5-14(10)2)19(17,18)12-4-3-11(9-16)7-13-12/h3-4,7,10,16H,5-6,8-9H2,1-2H3. The van der Waals surface area contributed by atoms with Crippen LogP contribution in [0.1, 0.15) is 12.5 Å². The Balaban J connectivity index is 2.21. The summed E-state index contributed by atoms with van der Waals surface area (Å²) in [6.07, 6.45) is 1.40. The maximum atomic E-state index is 12.4. The van der Waals surface area contributed by atoms with Gasteiger partial charge >= 0.3 is 0 Å². The van der Waals surface area contributed by atoms with Crippen LogP contribution in [0.25, 0.3) is 0 Å². The Morgan fingerprint density at radius 2 is 2.16 bits per heavy atom. The Hall–Kier alpha value is -1.02. The molecule has 1 aromatic rings. The fourth-order valence-corrected chi connectivity index (χ4v) is 3.45. The average molecular weight is 285 g/mol. The van der Waals surface area contributed by atoms with Crippen molar-refractivity contribution in [3.8, 4) is 0 Å². The fraction of sp³-hybridized carbons (Fsp3) is 0.583. The lowest BCUT2D eigenvalue weighted by atomic mass is 10.2. The van der Waals surface area contributed by atoms with E-state index in [1.54, 1.807) is 6.07 Å². The number of likely N-dealkylation sites (N-methyl/N-ethyl adjacent to an activating group) is 1. The van der Waals surface area contributed by atoms with E-state index < -0.39 is 10.0 Å². The minimum Gasteiger partial charge on any atom is -0.392 e. The summed E-state index contributed by atoms with van der Waals surface area (Å²) in [5.74, 6) is 0. The number of aliphatic hydroxyl groups is 1. The molecule has 1 atom stereocenters. The molecule has 7 heteroatoms. The van der Waals surface area contributed by atoms with Crippen LogP contribution in [0.15, 0.2) is 23.4 Å². The molecule has 19 heavy (non-hydrogen) atoms. The predicted octanol–water partition coefficient (Wildman–Crippen LogP) is -0.101. The van der Waals surface area contributed by atoms with Gasteiger partial charge in [0.25, 0.3) is 10.0 Å². The lowest BCUT2D eigenvalue weighted by Crippen LogP contribution is -2.51. The van der Waals surface area contributed by atoms with E-state index in [1.807, 2.05) is 14.0 Å². The largest absolute Gasteiger partial charge is 0.392 e. The van der Waals surface area contributed by atoms with Gasteiger partial charge in [-0.15, -0.1) is 0 Å². The Bertz CT molecular complexity index is 530. The van der Waals surface area contributed by atoms with Crippen LogP contribution < -0.4 is 0 Å². The topological polar surface area (TPSA) is 73.7 Å². The van der Waals surface area contributed by atoms with Crippen LogP contribution in [0.4, 0.5) is 0 Å².